The van der Waals surface area contributed by atoms with Gasteiger partial charge in [-0.25, -0.2) is 0 Å². The van der Waals surface area contributed by atoms with Gasteiger partial charge in [0.2, 0.25) is 5.91 Å². The van der Waals surface area contributed by atoms with E-state index in [1.54, 1.807) is 17.3 Å². The van der Waals surface area contributed by atoms with Crippen LogP contribution in [0.1, 0.15) is 18.1 Å². The van der Waals surface area contributed by atoms with E-state index in [4.69, 9.17) is 0 Å². The SMILES string of the molecule is CCN(C(=O)Cc1cc(C)ccc1Br)c1cccnc1. The van der Waals surface area contributed by atoms with Crippen LogP contribution in [0.5, 0.6) is 0 Å². The van der Waals surface area contributed by atoms with Crippen molar-refractivity contribution in [1.29, 1.82) is 0 Å². The third kappa shape index (κ3) is 3.45. The van der Waals surface area contributed by atoms with Crippen LogP contribution < -0.4 is 4.90 Å². The fourth-order valence-electron chi connectivity index (χ4n) is 2.11. The molecule has 0 fully saturated rings. The van der Waals surface area contributed by atoms with Crippen LogP contribution >= 0.6 is 15.9 Å². The lowest BCUT2D eigenvalue weighted by molar-refractivity contribution is -0.117. The van der Waals surface area contributed by atoms with Crippen molar-refractivity contribution in [2.75, 3.05) is 11.4 Å². The molecule has 0 saturated carbocycles. The molecule has 1 heterocycles. The number of hydrogen-bond acceptors (Lipinski definition) is 2. The third-order valence-electron chi connectivity index (χ3n) is 3.12. The molecule has 1 aromatic heterocycles. The maximum Gasteiger partial charge on any atom is 0.231 e. The normalized spacial score (nSPS) is 10.3. The van der Waals surface area contributed by atoms with Crippen LogP contribution in [-0.2, 0) is 11.2 Å². The van der Waals surface area contributed by atoms with E-state index in [-0.39, 0.29) is 5.91 Å². The van der Waals surface area contributed by atoms with Crippen LogP contribution in [0, 0.1) is 6.92 Å². The summed E-state index contributed by atoms with van der Waals surface area (Å²) in [5, 5.41) is 0. The lowest BCUT2D eigenvalue weighted by atomic mass is 10.1. The highest BCUT2D eigenvalue weighted by atomic mass is 79.9. The molecule has 0 aliphatic rings. The average molecular weight is 333 g/mol. The van der Waals surface area contributed by atoms with Gasteiger partial charge in [0, 0.05) is 17.2 Å². The number of aromatic nitrogens is 1. The Bertz CT molecular complexity index is 599. The predicted molar refractivity (Wildman–Crippen MR) is 84.8 cm³/mol. The van der Waals surface area contributed by atoms with E-state index in [1.807, 2.05) is 44.2 Å². The smallest absolute Gasteiger partial charge is 0.231 e. The summed E-state index contributed by atoms with van der Waals surface area (Å²) in [5.74, 6) is 0.0757. The highest BCUT2D eigenvalue weighted by Crippen LogP contribution is 2.21. The molecule has 0 atom stereocenters. The molecule has 3 nitrogen and oxygen atoms in total. The van der Waals surface area contributed by atoms with Gasteiger partial charge in [-0.15, -0.1) is 0 Å². The number of hydrogen-bond donors (Lipinski definition) is 0. The van der Waals surface area contributed by atoms with E-state index < -0.39 is 0 Å². The molecule has 0 aliphatic heterocycles. The Hall–Kier alpha value is -1.68. The molecule has 2 aromatic rings. The first kappa shape index (κ1) is 14.7. The highest BCUT2D eigenvalue weighted by Gasteiger charge is 2.15. The van der Waals surface area contributed by atoms with Crippen LogP contribution in [0.2, 0.25) is 0 Å². The van der Waals surface area contributed by atoms with E-state index in [0.29, 0.717) is 13.0 Å². The first-order valence-electron chi connectivity index (χ1n) is 6.57. The van der Waals surface area contributed by atoms with Gasteiger partial charge < -0.3 is 4.90 Å². The van der Waals surface area contributed by atoms with Gasteiger partial charge in [0.05, 0.1) is 18.3 Å². The summed E-state index contributed by atoms with van der Waals surface area (Å²) in [6.07, 6.45) is 3.80. The van der Waals surface area contributed by atoms with Crippen molar-refractivity contribution in [3.8, 4) is 0 Å². The maximum atomic E-state index is 12.5. The van der Waals surface area contributed by atoms with Gasteiger partial charge in [0.25, 0.3) is 0 Å². The minimum absolute atomic E-state index is 0.0757. The number of anilines is 1. The lowest BCUT2D eigenvalue weighted by Crippen LogP contribution is -2.32. The maximum absolute atomic E-state index is 12.5. The summed E-state index contributed by atoms with van der Waals surface area (Å²) in [6, 6.07) is 9.79. The number of nitrogens with zero attached hydrogens (tertiary/aromatic N) is 2. The van der Waals surface area contributed by atoms with Gasteiger partial charge in [0.15, 0.2) is 0 Å². The van der Waals surface area contributed by atoms with Crippen LogP contribution in [-0.4, -0.2) is 17.4 Å². The summed E-state index contributed by atoms with van der Waals surface area (Å²) >= 11 is 3.50. The van der Waals surface area contributed by atoms with Gasteiger partial charge in [-0.3, -0.25) is 9.78 Å². The Morgan fingerprint density at radius 2 is 2.15 bits per heavy atom. The highest BCUT2D eigenvalue weighted by molar-refractivity contribution is 9.10. The zero-order valence-electron chi connectivity index (χ0n) is 11.6. The molecule has 0 radical (unpaired) electrons. The molecule has 20 heavy (non-hydrogen) atoms. The number of carbonyl (C=O) groups is 1. The Balaban J connectivity index is 2.20. The second-order valence-corrected chi connectivity index (χ2v) is 5.48. The number of benzene rings is 1. The summed E-state index contributed by atoms with van der Waals surface area (Å²) in [6.45, 7) is 4.63. The minimum atomic E-state index is 0.0757. The summed E-state index contributed by atoms with van der Waals surface area (Å²) in [7, 11) is 0. The molecule has 0 bridgehead atoms. The molecule has 0 unspecified atom stereocenters. The number of halogens is 1. The number of carbonyl (C=O) groups excluding carboxylic acids is 1. The van der Waals surface area contributed by atoms with Crippen molar-refractivity contribution >= 4 is 27.5 Å². The van der Waals surface area contributed by atoms with E-state index in [1.165, 1.54) is 0 Å². The van der Waals surface area contributed by atoms with Crippen molar-refractivity contribution in [2.24, 2.45) is 0 Å². The topological polar surface area (TPSA) is 33.2 Å². The second-order valence-electron chi connectivity index (χ2n) is 4.62. The van der Waals surface area contributed by atoms with Gasteiger partial charge in [-0.2, -0.15) is 0 Å². The van der Waals surface area contributed by atoms with Gasteiger partial charge in [-0.1, -0.05) is 33.6 Å². The largest absolute Gasteiger partial charge is 0.311 e. The Kier molecular flexibility index (Phi) is 4.90. The second kappa shape index (κ2) is 6.66. The van der Waals surface area contributed by atoms with Crippen LogP contribution in [0.15, 0.2) is 47.2 Å². The first-order chi connectivity index (χ1) is 9.61. The zero-order valence-corrected chi connectivity index (χ0v) is 13.2. The Morgan fingerprint density at radius 1 is 1.35 bits per heavy atom. The van der Waals surface area contributed by atoms with E-state index in [2.05, 4.69) is 20.9 Å². The molecule has 1 aromatic carbocycles. The zero-order chi connectivity index (χ0) is 14.5. The van der Waals surface area contributed by atoms with Crippen LogP contribution in [0.25, 0.3) is 0 Å². The van der Waals surface area contributed by atoms with Crippen molar-refractivity contribution in [2.45, 2.75) is 20.3 Å². The number of likely N-dealkylation sites (N-methyl/N-ethyl adjacent to an activating group) is 1. The number of amides is 1. The molecular weight excluding hydrogens is 316 g/mol. The molecule has 2 rings (SSSR count). The monoisotopic (exact) mass is 332 g/mol. The van der Waals surface area contributed by atoms with Gasteiger partial charge in [0.1, 0.15) is 0 Å². The predicted octanol–water partition coefficient (Wildman–Crippen LogP) is 3.75. The molecule has 0 aliphatic carbocycles. The Morgan fingerprint density at radius 3 is 2.80 bits per heavy atom. The van der Waals surface area contributed by atoms with Gasteiger partial charge in [-0.05, 0) is 37.6 Å². The van der Waals surface area contributed by atoms with Crippen molar-refractivity contribution in [1.82, 2.24) is 4.98 Å². The van der Waals surface area contributed by atoms with Crippen molar-refractivity contribution < 1.29 is 4.79 Å². The van der Waals surface area contributed by atoms with Crippen LogP contribution in [0.4, 0.5) is 5.69 Å². The van der Waals surface area contributed by atoms with E-state index in [0.717, 1.165) is 21.3 Å². The number of pyridine rings is 1. The van der Waals surface area contributed by atoms with E-state index >= 15 is 0 Å². The number of rotatable bonds is 4. The Labute approximate surface area is 127 Å². The van der Waals surface area contributed by atoms with Crippen LogP contribution in [0.3, 0.4) is 0 Å². The molecule has 0 saturated heterocycles. The average Bonchev–Trinajstić information content (AvgIpc) is 2.45. The van der Waals surface area contributed by atoms with Gasteiger partial charge >= 0.3 is 0 Å². The molecule has 104 valence electrons. The fraction of sp³-hybridized carbons (Fsp3) is 0.250. The molecule has 4 heteroatoms. The standard InChI is InChI=1S/C16H17BrN2O/c1-3-19(14-5-4-8-18-11-14)16(20)10-13-9-12(2)6-7-15(13)17/h4-9,11H,3,10H2,1-2H3. The number of aryl methyl sites for hydroxylation is 1. The van der Waals surface area contributed by atoms with Crippen molar-refractivity contribution in [3.05, 3.63) is 58.3 Å². The minimum Gasteiger partial charge on any atom is -0.311 e. The van der Waals surface area contributed by atoms with Crippen molar-refractivity contribution in [3.63, 3.8) is 0 Å². The molecule has 0 N–H and O–H groups in total. The molecule has 0 spiro atoms. The van der Waals surface area contributed by atoms with E-state index in [9.17, 15) is 4.79 Å². The quantitative estimate of drug-likeness (QED) is 0.854. The summed E-state index contributed by atoms with van der Waals surface area (Å²) in [5.41, 5.74) is 3.00. The first-order valence-corrected chi connectivity index (χ1v) is 7.36. The summed E-state index contributed by atoms with van der Waals surface area (Å²) in [4.78, 5) is 18.3. The fourth-order valence-corrected chi connectivity index (χ4v) is 2.50. The molecular formula is C16H17BrN2O. The molecule has 1 amide bonds. The lowest BCUT2D eigenvalue weighted by Gasteiger charge is -2.21. The summed E-state index contributed by atoms with van der Waals surface area (Å²) < 4.78 is 0.971. The third-order valence-corrected chi connectivity index (χ3v) is 3.89.